The highest BCUT2D eigenvalue weighted by molar-refractivity contribution is 7.99. The maximum Gasteiger partial charge on any atom is 0.0195 e. The second-order valence-electron chi connectivity index (χ2n) is 4.53. The van der Waals surface area contributed by atoms with Gasteiger partial charge in [0.25, 0.3) is 0 Å². The maximum atomic E-state index is 3.58. The van der Waals surface area contributed by atoms with Crippen LogP contribution in [0.4, 0.5) is 0 Å². The lowest BCUT2D eigenvalue weighted by atomic mass is 10.1. The number of rotatable bonds is 3. The Labute approximate surface area is 91.8 Å². The van der Waals surface area contributed by atoms with E-state index in [2.05, 4.69) is 16.5 Å². The van der Waals surface area contributed by atoms with Crippen LogP contribution in [0.5, 0.6) is 0 Å². The monoisotopic (exact) mass is 214 g/mol. The van der Waals surface area contributed by atoms with Gasteiger partial charge in [-0.15, -0.1) is 0 Å². The molecular formula is C11H22N2S. The summed E-state index contributed by atoms with van der Waals surface area (Å²) in [7, 11) is 0. The molecule has 0 aromatic carbocycles. The molecule has 2 fully saturated rings. The first-order valence-corrected chi connectivity index (χ1v) is 7.16. The van der Waals surface area contributed by atoms with Crippen molar-refractivity contribution in [2.45, 2.75) is 37.0 Å². The van der Waals surface area contributed by atoms with Crippen molar-refractivity contribution in [1.29, 1.82) is 0 Å². The fourth-order valence-electron chi connectivity index (χ4n) is 2.55. The number of hydrogen-bond donors (Lipinski definition) is 1. The predicted molar refractivity (Wildman–Crippen MR) is 64.0 cm³/mol. The summed E-state index contributed by atoms with van der Waals surface area (Å²) < 4.78 is 0. The van der Waals surface area contributed by atoms with Crippen molar-refractivity contribution in [2.24, 2.45) is 0 Å². The summed E-state index contributed by atoms with van der Waals surface area (Å²) in [6.07, 6.45) is 7.81. The third kappa shape index (κ3) is 2.88. The van der Waals surface area contributed by atoms with E-state index in [-0.39, 0.29) is 0 Å². The van der Waals surface area contributed by atoms with Gasteiger partial charge in [-0.2, -0.15) is 11.8 Å². The van der Waals surface area contributed by atoms with Gasteiger partial charge in [0.2, 0.25) is 0 Å². The molecule has 0 spiro atoms. The first-order chi connectivity index (χ1) is 6.88. The SMILES string of the molecule is CSC1CCN(C[C@@H]2CCCN2)CC1. The fourth-order valence-corrected chi connectivity index (χ4v) is 3.23. The zero-order chi connectivity index (χ0) is 9.80. The number of likely N-dealkylation sites (tertiary alicyclic amines) is 1. The summed E-state index contributed by atoms with van der Waals surface area (Å²) in [5, 5.41) is 4.52. The summed E-state index contributed by atoms with van der Waals surface area (Å²) in [4.78, 5) is 2.65. The molecule has 2 heterocycles. The molecular weight excluding hydrogens is 192 g/mol. The molecule has 2 aliphatic rings. The van der Waals surface area contributed by atoms with Gasteiger partial charge in [0, 0.05) is 17.8 Å². The molecule has 1 N–H and O–H groups in total. The van der Waals surface area contributed by atoms with Crippen molar-refractivity contribution in [3.63, 3.8) is 0 Å². The third-order valence-corrected chi connectivity index (χ3v) is 4.65. The second-order valence-corrected chi connectivity index (χ2v) is 5.67. The van der Waals surface area contributed by atoms with Gasteiger partial charge >= 0.3 is 0 Å². The molecule has 0 saturated carbocycles. The molecule has 0 amide bonds. The molecule has 2 rings (SSSR count). The van der Waals surface area contributed by atoms with E-state index in [4.69, 9.17) is 0 Å². The molecule has 0 unspecified atom stereocenters. The molecule has 14 heavy (non-hydrogen) atoms. The maximum absolute atomic E-state index is 3.58. The van der Waals surface area contributed by atoms with Gasteiger partial charge in [0.15, 0.2) is 0 Å². The van der Waals surface area contributed by atoms with E-state index in [0.717, 1.165) is 11.3 Å². The molecule has 1 atom stereocenters. The van der Waals surface area contributed by atoms with Crippen molar-refractivity contribution in [2.75, 3.05) is 32.4 Å². The Kier molecular flexibility index (Phi) is 4.14. The lowest BCUT2D eigenvalue weighted by Gasteiger charge is -2.32. The molecule has 0 radical (unpaired) electrons. The van der Waals surface area contributed by atoms with Crippen molar-refractivity contribution >= 4 is 11.8 Å². The molecule has 0 aromatic heterocycles. The van der Waals surface area contributed by atoms with Gasteiger partial charge in [0.1, 0.15) is 0 Å². The summed E-state index contributed by atoms with van der Waals surface area (Å²) >= 11 is 2.05. The normalized spacial score (nSPS) is 31.1. The average Bonchev–Trinajstić information content (AvgIpc) is 2.72. The van der Waals surface area contributed by atoms with Crippen LogP contribution in [0.3, 0.4) is 0 Å². The quantitative estimate of drug-likeness (QED) is 0.768. The minimum atomic E-state index is 0.792. The van der Waals surface area contributed by atoms with Crippen LogP contribution < -0.4 is 5.32 Å². The molecule has 0 aliphatic carbocycles. The fraction of sp³-hybridized carbons (Fsp3) is 1.00. The van der Waals surface area contributed by atoms with Crippen molar-refractivity contribution in [3.05, 3.63) is 0 Å². The highest BCUT2D eigenvalue weighted by atomic mass is 32.2. The molecule has 2 saturated heterocycles. The molecule has 2 nitrogen and oxygen atoms in total. The first-order valence-electron chi connectivity index (χ1n) is 5.87. The molecule has 2 aliphatic heterocycles. The molecule has 0 aromatic rings. The van der Waals surface area contributed by atoms with Gasteiger partial charge in [-0.3, -0.25) is 0 Å². The largest absolute Gasteiger partial charge is 0.313 e. The molecule has 82 valence electrons. The Morgan fingerprint density at radius 1 is 1.29 bits per heavy atom. The van der Waals surface area contributed by atoms with Crippen LogP contribution in [0.2, 0.25) is 0 Å². The molecule has 3 heteroatoms. The minimum Gasteiger partial charge on any atom is -0.313 e. The Morgan fingerprint density at radius 2 is 2.07 bits per heavy atom. The van der Waals surface area contributed by atoms with Gasteiger partial charge in [-0.1, -0.05) is 0 Å². The lowest BCUT2D eigenvalue weighted by molar-refractivity contribution is 0.214. The van der Waals surface area contributed by atoms with E-state index in [1.165, 1.54) is 51.9 Å². The van der Waals surface area contributed by atoms with Crippen molar-refractivity contribution < 1.29 is 0 Å². The van der Waals surface area contributed by atoms with Crippen LogP contribution in [-0.4, -0.2) is 48.6 Å². The summed E-state index contributed by atoms with van der Waals surface area (Å²) in [5.41, 5.74) is 0. The van der Waals surface area contributed by atoms with E-state index >= 15 is 0 Å². The van der Waals surface area contributed by atoms with Crippen LogP contribution in [-0.2, 0) is 0 Å². The van der Waals surface area contributed by atoms with Gasteiger partial charge < -0.3 is 10.2 Å². The van der Waals surface area contributed by atoms with Gasteiger partial charge in [0.05, 0.1) is 0 Å². The van der Waals surface area contributed by atoms with Gasteiger partial charge in [-0.25, -0.2) is 0 Å². The van der Waals surface area contributed by atoms with E-state index in [1.807, 2.05) is 11.8 Å². The van der Waals surface area contributed by atoms with E-state index in [9.17, 15) is 0 Å². The summed E-state index contributed by atoms with van der Waals surface area (Å²) in [6.45, 7) is 5.18. The van der Waals surface area contributed by atoms with E-state index in [0.29, 0.717) is 0 Å². The predicted octanol–water partition coefficient (Wildman–Crippen LogP) is 1.57. The van der Waals surface area contributed by atoms with E-state index < -0.39 is 0 Å². The van der Waals surface area contributed by atoms with Crippen LogP contribution in [0, 0.1) is 0 Å². The Balaban J connectivity index is 1.67. The highest BCUT2D eigenvalue weighted by Gasteiger charge is 2.22. The standard InChI is InChI=1S/C11H22N2S/c1-14-11-4-7-13(8-5-11)9-10-3-2-6-12-10/h10-12H,2-9H2,1H3/t10-/m0/s1. The van der Waals surface area contributed by atoms with Crippen LogP contribution >= 0.6 is 11.8 Å². The Morgan fingerprint density at radius 3 is 2.64 bits per heavy atom. The first kappa shape index (κ1) is 10.8. The van der Waals surface area contributed by atoms with Crippen LogP contribution in [0.25, 0.3) is 0 Å². The third-order valence-electron chi connectivity index (χ3n) is 3.51. The Hall–Kier alpha value is 0.270. The lowest BCUT2D eigenvalue weighted by Crippen LogP contribution is -2.42. The van der Waals surface area contributed by atoms with Crippen LogP contribution in [0.1, 0.15) is 25.7 Å². The smallest absolute Gasteiger partial charge is 0.0195 e. The van der Waals surface area contributed by atoms with Crippen molar-refractivity contribution in [1.82, 2.24) is 10.2 Å². The second kappa shape index (κ2) is 5.38. The van der Waals surface area contributed by atoms with Crippen LogP contribution in [0.15, 0.2) is 0 Å². The highest BCUT2D eigenvalue weighted by Crippen LogP contribution is 2.21. The minimum absolute atomic E-state index is 0.792. The van der Waals surface area contributed by atoms with Crippen molar-refractivity contribution in [3.8, 4) is 0 Å². The Bertz CT molecular complexity index is 161. The zero-order valence-electron chi connectivity index (χ0n) is 9.17. The number of nitrogens with zero attached hydrogens (tertiary/aromatic N) is 1. The number of piperidine rings is 1. The molecule has 0 bridgehead atoms. The summed E-state index contributed by atoms with van der Waals surface area (Å²) in [6, 6.07) is 0.792. The van der Waals surface area contributed by atoms with Gasteiger partial charge in [-0.05, 0) is 51.6 Å². The number of thioether (sulfide) groups is 1. The van der Waals surface area contributed by atoms with E-state index in [1.54, 1.807) is 0 Å². The summed E-state index contributed by atoms with van der Waals surface area (Å²) in [5.74, 6) is 0. The number of nitrogens with one attached hydrogen (secondary N) is 1. The average molecular weight is 214 g/mol. The topological polar surface area (TPSA) is 15.3 Å². The zero-order valence-corrected chi connectivity index (χ0v) is 9.98. The number of hydrogen-bond acceptors (Lipinski definition) is 3.